The smallest absolute Gasteiger partial charge is 0.125 e. The summed E-state index contributed by atoms with van der Waals surface area (Å²) in [7, 11) is 0. The van der Waals surface area contributed by atoms with Gasteiger partial charge in [-0.1, -0.05) is 11.8 Å². The van der Waals surface area contributed by atoms with Gasteiger partial charge in [0.2, 0.25) is 0 Å². The minimum atomic E-state index is -0.659. The van der Waals surface area contributed by atoms with Crippen molar-refractivity contribution in [3.63, 3.8) is 0 Å². The van der Waals surface area contributed by atoms with Crippen LogP contribution in [0.1, 0.15) is 46.5 Å². The van der Waals surface area contributed by atoms with Gasteiger partial charge in [-0.05, 0) is 46.5 Å². The van der Waals surface area contributed by atoms with Crippen LogP contribution >= 0.6 is 0 Å². The molecule has 0 heterocycles. The van der Waals surface area contributed by atoms with E-state index in [4.69, 9.17) is 0 Å². The molecular formula is C11H18O. The Morgan fingerprint density at radius 3 is 2.08 bits per heavy atom. The monoisotopic (exact) mass is 166 g/mol. The van der Waals surface area contributed by atoms with Crippen LogP contribution in [0.25, 0.3) is 0 Å². The maximum Gasteiger partial charge on any atom is 0.125 e. The molecule has 0 aliphatic heterocycles. The highest BCUT2D eigenvalue weighted by Crippen LogP contribution is 2.29. The van der Waals surface area contributed by atoms with E-state index in [2.05, 4.69) is 32.6 Å². The maximum atomic E-state index is 9.88. The zero-order valence-corrected chi connectivity index (χ0v) is 8.28. The van der Waals surface area contributed by atoms with Gasteiger partial charge in [0.1, 0.15) is 5.60 Å². The van der Waals surface area contributed by atoms with Crippen molar-refractivity contribution in [1.29, 1.82) is 0 Å². The second-order valence-corrected chi connectivity index (χ2v) is 4.74. The van der Waals surface area contributed by atoms with E-state index in [1.165, 1.54) is 0 Å². The van der Waals surface area contributed by atoms with Crippen LogP contribution < -0.4 is 0 Å². The lowest BCUT2D eigenvalue weighted by Crippen LogP contribution is -2.21. The van der Waals surface area contributed by atoms with Crippen LogP contribution in [0.4, 0.5) is 0 Å². The van der Waals surface area contributed by atoms with Crippen molar-refractivity contribution < 1.29 is 5.11 Å². The first-order valence-electron chi connectivity index (χ1n) is 4.68. The summed E-state index contributed by atoms with van der Waals surface area (Å²) in [6, 6.07) is 0. The van der Waals surface area contributed by atoms with Gasteiger partial charge in [-0.2, -0.15) is 0 Å². The third kappa shape index (κ3) is 2.87. The van der Waals surface area contributed by atoms with Crippen molar-refractivity contribution in [2.24, 2.45) is 5.41 Å². The van der Waals surface area contributed by atoms with Gasteiger partial charge in [0.15, 0.2) is 0 Å². The van der Waals surface area contributed by atoms with Crippen LogP contribution in [0.3, 0.4) is 0 Å². The molecule has 1 fully saturated rings. The fourth-order valence-electron chi connectivity index (χ4n) is 1.39. The van der Waals surface area contributed by atoms with E-state index in [0.717, 1.165) is 25.7 Å². The largest absolute Gasteiger partial charge is 0.378 e. The van der Waals surface area contributed by atoms with E-state index in [1.54, 1.807) is 0 Å². The topological polar surface area (TPSA) is 20.2 Å². The summed E-state index contributed by atoms with van der Waals surface area (Å²) in [5.41, 5.74) is -0.647. The minimum Gasteiger partial charge on any atom is -0.378 e. The molecule has 0 bridgehead atoms. The molecule has 1 nitrogen and oxygen atoms in total. The first kappa shape index (κ1) is 9.61. The second-order valence-electron chi connectivity index (χ2n) is 4.74. The third-order valence-electron chi connectivity index (χ3n) is 2.10. The zero-order valence-electron chi connectivity index (χ0n) is 8.28. The molecule has 0 aromatic heterocycles. The fourth-order valence-corrected chi connectivity index (χ4v) is 1.39. The van der Waals surface area contributed by atoms with Gasteiger partial charge >= 0.3 is 0 Å². The zero-order chi connectivity index (χ0) is 9.24. The predicted molar refractivity (Wildman–Crippen MR) is 50.6 cm³/mol. The second kappa shape index (κ2) is 3.11. The van der Waals surface area contributed by atoms with E-state index < -0.39 is 5.60 Å². The summed E-state index contributed by atoms with van der Waals surface area (Å²) in [4.78, 5) is 0. The van der Waals surface area contributed by atoms with Crippen molar-refractivity contribution in [3.8, 4) is 11.8 Å². The standard InChI is InChI=1S/C11H18O/c1-10(2,3)8-9-11(12)6-4-5-7-11/h12H,4-7H2,1-3H3. The van der Waals surface area contributed by atoms with Crippen LogP contribution in [0, 0.1) is 17.3 Å². The highest BCUT2D eigenvalue weighted by atomic mass is 16.3. The third-order valence-corrected chi connectivity index (χ3v) is 2.10. The van der Waals surface area contributed by atoms with E-state index in [0.29, 0.717) is 0 Å². The van der Waals surface area contributed by atoms with Crippen LogP contribution in [0.15, 0.2) is 0 Å². The number of rotatable bonds is 0. The Morgan fingerprint density at radius 2 is 1.67 bits per heavy atom. The molecule has 0 atom stereocenters. The highest BCUT2D eigenvalue weighted by Gasteiger charge is 2.28. The molecule has 0 radical (unpaired) electrons. The Morgan fingerprint density at radius 1 is 1.17 bits per heavy atom. The van der Waals surface area contributed by atoms with Gasteiger partial charge in [-0.25, -0.2) is 0 Å². The average molecular weight is 166 g/mol. The van der Waals surface area contributed by atoms with Crippen LogP contribution in [0.5, 0.6) is 0 Å². The minimum absolute atomic E-state index is 0.0122. The normalized spacial score (nSPS) is 21.7. The van der Waals surface area contributed by atoms with Gasteiger partial charge in [-0.3, -0.25) is 0 Å². The quantitative estimate of drug-likeness (QED) is 0.548. The van der Waals surface area contributed by atoms with Gasteiger partial charge in [0, 0.05) is 5.41 Å². The molecule has 68 valence electrons. The molecule has 1 rings (SSSR count). The Bertz CT molecular complexity index is 205. The number of aliphatic hydroxyl groups is 1. The lowest BCUT2D eigenvalue weighted by molar-refractivity contribution is 0.109. The molecule has 0 aromatic carbocycles. The predicted octanol–water partition coefficient (Wildman–Crippen LogP) is 2.34. The van der Waals surface area contributed by atoms with Crippen LogP contribution in [-0.2, 0) is 0 Å². The summed E-state index contributed by atoms with van der Waals surface area (Å²) >= 11 is 0. The Labute approximate surface area is 75.2 Å². The first-order valence-corrected chi connectivity index (χ1v) is 4.68. The van der Waals surface area contributed by atoms with Gasteiger partial charge < -0.3 is 5.11 Å². The molecule has 0 saturated heterocycles. The Hall–Kier alpha value is -0.480. The van der Waals surface area contributed by atoms with Crippen LogP contribution in [0.2, 0.25) is 0 Å². The summed E-state index contributed by atoms with van der Waals surface area (Å²) in [5.74, 6) is 6.11. The summed E-state index contributed by atoms with van der Waals surface area (Å²) < 4.78 is 0. The molecule has 1 heteroatoms. The molecule has 0 unspecified atom stereocenters. The first-order chi connectivity index (χ1) is 5.41. The summed E-state index contributed by atoms with van der Waals surface area (Å²) in [6.07, 6.45) is 3.96. The molecule has 12 heavy (non-hydrogen) atoms. The highest BCUT2D eigenvalue weighted by molar-refractivity contribution is 5.18. The van der Waals surface area contributed by atoms with Crippen molar-refractivity contribution >= 4 is 0 Å². The molecule has 0 spiro atoms. The lowest BCUT2D eigenvalue weighted by atomic mass is 9.94. The van der Waals surface area contributed by atoms with Crippen molar-refractivity contribution in [3.05, 3.63) is 0 Å². The van der Waals surface area contributed by atoms with Gasteiger partial charge in [0.05, 0.1) is 0 Å². The van der Waals surface area contributed by atoms with Gasteiger partial charge in [0.25, 0.3) is 0 Å². The number of hydrogen-bond acceptors (Lipinski definition) is 1. The SMILES string of the molecule is CC(C)(C)C#CC1(O)CCCC1. The van der Waals surface area contributed by atoms with E-state index in [-0.39, 0.29) is 5.41 Å². The Balaban J connectivity index is 2.63. The van der Waals surface area contributed by atoms with Crippen LogP contribution in [-0.4, -0.2) is 10.7 Å². The van der Waals surface area contributed by atoms with E-state index in [9.17, 15) is 5.11 Å². The van der Waals surface area contributed by atoms with Crippen molar-refractivity contribution in [1.82, 2.24) is 0 Å². The van der Waals surface area contributed by atoms with Crippen molar-refractivity contribution in [2.75, 3.05) is 0 Å². The van der Waals surface area contributed by atoms with E-state index in [1.807, 2.05) is 0 Å². The molecule has 0 amide bonds. The molecule has 0 aromatic rings. The Kier molecular flexibility index (Phi) is 2.49. The molecule has 1 N–H and O–H groups in total. The molecule has 1 aliphatic rings. The molecular weight excluding hydrogens is 148 g/mol. The lowest BCUT2D eigenvalue weighted by Gasteiger charge is -2.15. The maximum absolute atomic E-state index is 9.88. The molecule has 1 saturated carbocycles. The average Bonchev–Trinajstić information content (AvgIpc) is 2.32. The summed E-state index contributed by atoms with van der Waals surface area (Å²) in [6.45, 7) is 6.20. The summed E-state index contributed by atoms with van der Waals surface area (Å²) in [5, 5.41) is 9.88. The number of hydrogen-bond donors (Lipinski definition) is 1. The van der Waals surface area contributed by atoms with Crippen molar-refractivity contribution in [2.45, 2.75) is 52.1 Å². The molecule has 1 aliphatic carbocycles. The fraction of sp³-hybridized carbons (Fsp3) is 0.818. The van der Waals surface area contributed by atoms with Gasteiger partial charge in [-0.15, -0.1) is 0 Å². The van der Waals surface area contributed by atoms with E-state index >= 15 is 0 Å².